The largest absolute Gasteiger partial charge is 0.453 e. The summed E-state index contributed by atoms with van der Waals surface area (Å²) in [6, 6.07) is 0.470. The summed E-state index contributed by atoms with van der Waals surface area (Å²) in [5.74, 6) is 0.736. The monoisotopic (exact) mass is 211 g/mol. The molecule has 86 valence electrons. The van der Waals surface area contributed by atoms with Crippen LogP contribution in [0.2, 0.25) is 0 Å². The molecule has 0 bridgehead atoms. The van der Waals surface area contributed by atoms with E-state index in [1.165, 1.54) is 45.6 Å². The average molecular weight is 211 g/mol. The molecule has 1 atom stereocenters. The second-order valence-corrected chi connectivity index (χ2v) is 4.77. The van der Waals surface area contributed by atoms with Gasteiger partial charge in [-0.3, -0.25) is 0 Å². The molecule has 2 aliphatic rings. The molecule has 1 saturated heterocycles. The fourth-order valence-electron chi connectivity index (χ4n) is 3.15. The van der Waals surface area contributed by atoms with Crippen molar-refractivity contribution in [1.29, 1.82) is 0 Å². The Bertz CT molecular complexity index is 224. The fourth-order valence-corrected chi connectivity index (χ4v) is 3.15. The van der Waals surface area contributed by atoms with E-state index in [1.54, 1.807) is 0 Å². The third-order valence-corrected chi connectivity index (χ3v) is 3.90. The second-order valence-electron chi connectivity index (χ2n) is 4.77. The van der Waals surface area contributed by atoms with Crippen molar-refractivity contribution in [2.24, 2.45) is 5.92 Å². The number of carbonyl (C=O) groups is 1. The van der Waals surface area contributed by atoms with Gasteiger partial charge in [-0.25, -0.2) is 4.79 Å². The molecule has 1 unspecified atom stereocenters. The maximum atomic E-state index is 11.6. The molecule has 0 N–H and O–H groups in total. The molecule has 2 rings (SSSR count). The lowest BCUT2D eigenvalue weighted by Crippen LogP contribution is -2.40. The van der Waals surface area contributed by atoms with Crippen LogP contribution in [-0.2, 0) is 4.74 Å². The second kappa shape index (κ2) is 4.86. The van der Waals surface area contributed by atoms with Gasteiger partial charge in [-0.15, -0.1) is 0 Å². The van der Waals surface area contributed by atoms with E-state index in [1.807, 2.05) is 4.90 Å². The van der Waals surface area contributed by atoms with Crippen molar-refractivity contribution in [3.63, 3.8) is 0 Å². The van der Waals surface area contributed by atoms with E-state index in [-0.39, 0.29) is 6.09 Å². The Hall–Kier alpha value is -0.730. The van der Waals surface area contributed by atoms with Crippen molar-refractivity contribution >= 4 is 6.09 Å². The van der Waals surface area contributed by atoms with Gasteiger partial charge in [0.2, 0.25) is 0 Å². The quantitative estimate of drug-likeness (QED) is 0.667. The van der Waals surface area contributed by atoms with Crippen molar-refractivity contribution in [2.75, 3.05) is 13.7 Å². The number of carbonyl (C=O) groups excluding carboxylic acids is 1. The highest BCUT2D eigenvalue weighted by molar-refractivity contribution is 5.68. The Labute approximate surface area is 91.8 Å². The SMILES string of the molecule is COC(=O)N1CCCC1C1CCCCC1. The van der Waals surface area contributed by atoms with Gasteiger partial charge in [0, 0.05) is 12.6 Å². The van der Waals surface area contributed by atoms with E-state index >= 15 is 0 Å². The Morgan fingerprint density at radius 1 is 1.13 bits per heavy atom. The van der Waals surface area contributed by atoms with Crippen LogP contribution in [0.15, 0.2) is 0 Å². The summed E-state index contributed by atoms with van der Waals surface area (Å²) in [6.07, 6.45) is 8.88. The summed E-state index contributed by atoms with van der Waals surface area (Å²) < 4.78 is 4.84. The predicted molar refractivity (Wildman–Crippen MR) is 58.7 cm³/mol. The molecule has 1 saturated carbocycles. The lowest BCUT2D eigenvalue weighted by Gasteiger charge is -2.33. The Morgan fingerprint density at radius 2 is 1.87 bits per heavy atom. The van der Waals surface area contributed by atoms with Crippen molar-refractivity contribution in [1.82, 2.24) is 4.90 Å². The molecule has 1 aliphatic carbocycles. The molecule has 3 nitrogen and oxygen atoms in total. The van der Waals surface area contributed by atoms with E-state index in [4.69, 9.17) is 4.74 Å². The van der Waals surface area contributed by atoms with Gasteiger partial charge >= 0.3 is 6.09 Å². The highest BCUT2D eigenvalue weighted by Gasteiger charge is 2.35. The summed E-state index contributed by atoms with van der Waals surface area (Å²) in [7, 11) is 1.48. The topological polar surface area (TPSA) is 29.5 Å². The lowest BCUT2D eigenvalue weighted by molar-refractivity contribution is 0.0984. The molecule has 3 heteroatoms. The highest BCUT2D eigenvalue weighted by Crippen LogP contribution is 2.34. The van der Waals surface area contributed by atoms with Gasteiger partial charge in [-0.2, -0.15) is 0 Å². The summed E-state index contributed by atoms with van der Waals surface area (Å²) >= 11 is 0. The van der Waals surface area contributed by atoms with Gasteiger partial charge in [0.05, 0.1) is 7.11 Å². The summed E-state index contributed by atoms with van der Waals surface area (Å²) in [5, 5.41) is 0. The number of nitrogens with zero attached hydrogens (tertiary/aromatic N) is 1. The molecule has 1 amide bonds. The molecule has 0 radical (unpaired) electrons. The van der Waals surface area contributed by atoms with Crippen molar-refractivity contribution in [3.05, 3.63) is 0 Å². The standard InChI is InChI=1S/C12H21NO2/c1-15-12(14)13-9-5-8-11(13)10-6-3-2-4-7-10/h10-11H,2-9H2,1H3. The molecule has 2 fully saturated rings. The number of likely N-dealkylation sites (tertiary alicyclic amines) is 1. The molecular formula is C12H21NO2. The predicted octanol–water partition coefficient (Wildman–Crippen LogP) is 2.80. The zero-order valence-electron chi connectivity index (χ0n) is 9.58. The van der Waals surface area contributed by atoms with Crippen LogP contribution in [0.3, 0.4) is 0 Å². The molecule has 1 aliphatic heterocycles. The minimum atomic E-state index is -0.122. The molecule has 15 heavy (non-hydrogen) atoms. The van der Waals surface area contributed by atoms with Crippen molar-refractivity contribution in [2.45, 2.75) is 51.0 Å². The molecule has 1 heterocycles. The van der Waals surface area contributed by atoms with Crippen LogP contribution in [0.5, 0.6) is 0 Å². The van der Waals surface area contributed by atoms with Crippen LogP contribution in [0.4, 0.5) is 4.79 Å². The van der Waals surface area contributed by atoms with E-state index < -0.39 is 0 Å². The lowest BCUT2D eigenvalue weighted by atomic mass is 9.83. The number of rotatable bonds is 1. The minimum absolute atomic E-state index is 0.122. The third kappa shape index (κ3) is 2.27. The van der Waals surface area contributed by atoms with Gasteiger partial charge in [-0.1, -0.05) is 19.3 Å². The number of methoxy groups -OCH3 is 1. The molecule has 0 aromatic carbocycles. The van der Waals surface area contributed by atoms with Gasteiger partial charge < -0.3 is 9.64 Å². The van der Waals surface area contributed by atoms with Gasteiger partial charge in [0.25, 0.3) is 0 Å². The van der Waals surface area contributed by atoms with Crippen LogP contribution < -0.4 is 0 Å². The van der Waals surface area contributed by atoms with Crippen molar-refractivity contribution in [3.8, 4) is 0 Å². The third-order valence-electron chi connectivity index (χ3n) is 3.90. The van der Waals surface area contributed by atoms with Crippen LogP contribution in [0.1, 0.15) is 44.9 Å². The summed E-state index contributed by atoms with van der Waals surface area (Å²) in [6.45, 7) is 0.897. The zero-order valence-corrected chi connectivity index (χ0v) is 9.58. The van der Waals surface area contributed by atoms with Crippen molar-refractivity contribution < 1.29 is 9.53 Å². The first-order valence-electron chi connectivity index (χ1n) is 6.17. The minimum Gasteiger partial charge on any atom is -0.453 e. The Kier molecular flexibility index (Phi) is 3.49. The molecule has 0 aromatic rings. The van der Waals surface area contributed by atoms with E-state index in [0.717, 1.165) is 18.9 Å². The number of hydrogen-bond acceptors (Lipinski definition) is 2. The van der Waals surface area contributed by atoms with E-state index in [0.29, 0.717) is 6.04 Å². The zero-order chi connectivity index (χ0) is 10.7. The number of amides is 1. The van der Waals surface area contributed by atoms with Gasteiger partial charge in [0.1, 0.15) is 0 Å². The van der Waals surface area contributed by atoms with Crippen LogP contribution in [0, 0.1) is 5.92 Å². The highest BCUT2D eigenvalue weighted by atomic mass is 16.5. The number of ether oxygens (including phenoxy) is 1. The first-order valence-corrected chi connectivity index (χ1v) is 6.17. The van der Waals surface area contributed by atoms with Gasteiger partial charge in [0.15, 0.2) is 0 Å². The smallest absolute Gasteiger partial charge is 0.409 e. The first-order chi connectivity index (χ1) is 7.33. The molecule has 0 spiro atoms. The van der Waals surface area contributed by atoms with Gasteiger partial charge in [-0.05, 0) is 31.6 Å². The number of hydrogen-bond donors (Lipinski definition) is 0. The van der Waals surface area contributed by atoms with Crippen LogP contribution in [-0.4, -0.2) is 30.7 Å². The summed E-state index contributed by atoms with van der Waals surface area (Å²) in [5.41, 5.74) is 0. The summed E-state index contributed by atoms with van der Waals surface area (Å²) in [4.78, 5) is 13.5. The van der Waals surface area contributed by atoms with Crippen LogP contribution in [0.25, 0.3) is 0 Å². The maximum Gasteiger partial charge on any atom is 0.409 e. The van der Waals surface area contributed by atoms with Crippen LogP contribution >= 0.6 is 0 Å². The maximum absolute atomic E-state index is 11.6. The first kappa shape index (κ1) is 10.8. The Morgan fingerprint density at radius 3 is 2.53 bits per heavy atom. The van der Waals surface area contributed by atoms with E-state index in [9.17, 15) is 4.79 Å². The fraction of sp³-hybridized carbons (Fsp3) is 0.917. The molecular weight excluding hydrogens is 190 g/mol. The Balaban J connectivity index is 1.97. The normalized spacial score (nSPS) is 28.1. The average Bonchev–Trinajstić information content (AvgIpc) is 2.78. The molecule has 0 aromatic heterocycles. The van der Waals surface area contributed by atoms with E-state index in [2.05, 4.69) is 0 Å².